The molecule has 0 radical (unpaired) electrons. The molecule has 1 saturated carbocycles. The van der Waals surface area contributed by atoms with Gasteiger partial charge in [0.1, 0.15) is 5.15 Å². The molecule has 6 heteroatoms. The maximum atomic E-state index is 12.0. The smallest absolute Gasteiger partial charge is 0.229 e. The zero-order chi connectivity index (χ0) is 12.3. The molecule has 1 aliphatic carbocycles. The lowest BCUT2D eigenvalue weighted by Gasteiger charge is -2.25. The van der Waals surface area contributed by atoms with Gasteiger partial charge in [-0.3, -0.25) is 4.79 Å². The van der Waals surface area contributed by atoms with Crippen molar-refractivity contribution in [3.8, 4) is 0 Å². The van der Waals surface area contributed by atoms with Crippen LogP contribution in [0.25, 0.3) is 10.4 Å². The Bertz CT molecular complexity index is 490. The summed E-state index contributed by atoms with van der Waals surface area (Å²) in [6.07, 6.45) is 4.87. The quantitative estimate of drug-likeness (QED) is 0.349. The molecule has 0 atom stereocenters. The fourth-order valence-corrected chi connectivity index (χ4v) is 2.61. The zero-order valence-electron chi connectivity index (χ0n) is 9.14. The first-order valence-corrected chi connectivity index (χ1v) is 5.78. The van der Waals surface area contributed by atoms with E-state index in [2.05, 4.69) is 15.0 Å². The van der Waals surface area contributed by atoms with E-state index in [0.29, 0.717) is 18.0 Å². The Balaban J connectivity index is 2.48. The van der Waals surface area contributed by atoms with E-state index in [1.165, 1.54) is 0 Å². The number of azide groups is 1. The summed E-state index contributed by atoms with van der Waals surface area (Å²) in [4.78, 5) is 18.5. The first kappa shape index (κ1) is 11.9. The first-order chi connectivity index (χ1) is 8.19. The Morgan fingerprint density at radius 1 is 1.53 bits per heavy atom. The van der Waals surface area contributed by atoms with Crippen molar-refractivity contribution in [2.75, 3.05) is 0 Å². The number of pyridine rings is 1. The average molecular weight is 251 g/mol. The van der Waals surface area contributed by atoms with Crippen LogP contribution in [0.1, 0.15) is 31.2 Å². The molecule has 1 heterocycles. The number of hydrogen-bond acceptors (Lipinski definition) is 2. The number of aromatic nitrogens is 1. The second-order valence-corrected chi connectivity index (χ2v) is 4.54. The third-order valence-corrected chi connectivity index (χ3v) is 3.49. The number of hydrogen-bond donors (Lipinski definition) is 0. The van der Waals surface area contributed by atoms with Crippen molar-refractivity contribution in [3.63, 3.8) is 0 Å². The highest BCUT2D eigenvalue weighted by molar-refractivity contribution is 6.29. The molecule has 1 aromatic rings. The molecule has 1 aromatic heterocycles. The third-order valence-electron chi connectivity index (χ3n) is 3.28. The molecule has 0 N–H and O–H groups in total. The summed E-state index contributed by atoms with van der Waals surface area (Å²) < 4.78 is 0. The molecule has 0 bridgehead atoms. The van der Waals surface area contributed by atoms with Gasteiger partial charge in [-0.25, -0.2) is 4.98 Å². The molecule has 0 aliphatic heterocycles. The summed E-state index contributed by atoms with van der Waals surface area (Å²) in [6, 6.07) is 3.44. The van der Waals surface area contributed by atoms with Gasteiger partial charge in [0.2, 0.25) is 5.91 Å². The molecule has 1 amide bonds. The molecule has 0 aromatic carbocycles. The van der Waals surface area contributed by atoms with Crippen molar-refractivity contribution in [2.45, 2.75) is 31.1 Å². The van der Waals surface area contributed by atoms with Crippen molar-refractivity contribution < 1.29 is 4.79 Å². The van der Waals surface area contributed by atoms with Crippen LogP contribution < -0.4 is 0 Å². The number of rotatable bonds is 2. The van der Waals surface area contributed by atoms with Crippen LogP contribution in [0.4, 0.5) is 0 Å². The number of carbonyl (C=O) groups excluding carboxylic acids is 1. The van der Waals surface area contributed by atoms with Gasteiger partial charge in [0.25, 0.3) is 0 Å². The van der Waals surface area contributed by atoms with Gasteiger partial charge in [-0.05, 0) is 41.2 Å². The number of nitrogens with zero attached hydrogens (tertiary/aromatic N) is 4. The van der Waals surface area contributed by atoms with Crippen molar-refractivity contribution in [3.05, 3.63) is 39.5 Å². The number of halogens is 1. The Morgan fingerprint density at radius 2 is 2.24 bits per heavy atom. The fraction of sp³-hybridized carbons (Fsp3) is 0.455. The van der Waals surface area contributed by atoms with Crippen LogP contribution >= 0.6 is 11.6 Å². The Kier molecular flexibility index (Phi) is 3.31. The predicted octanol–water partition coefficient (Wildman–Crippen LogP) is 3.38. The molecule has 0 spiro atoms. The highest BCUT2D eigenvalue weighted by Gasteiger charge is 2.42. The molecule has 88 valence electrons. The van der Waals surface area contributed by atoms with Gasteiger partial charge >= 0.3 is 0 Å². The minimum atomic E-state index is -0.696. The second-order valence-electron chi connectivity index (χ2n) is 4.15. The average Bonchev–Trinajstić information content (AvgIpc) is 2.79. The van der Waals surface area contributed by atoms with E-state index in [-0.39, 0.29) is 0 Å². The van der Waals surface area contributed by atoms with Crippen LogP contribution in [0.5, 0.6) is 0 Å². The predicted molar refractivity (Wildman–Crippen MR) is 63.5 cm³/mol. The van der Waals surface area contributed by atoms with E-state index in [9.17, 15) is 4.79 Å². The van der Waals surface area contributed by atoms with E-state index in [0.717, 1.165) is 18.4 Å². The highest BCUT2D eigenvalue weighted by atomic mass is 35.5. The summed E-state index contributed by atoms with van der Waals surface area (Å²) in [5.41, 5.74) is 8.51. The Morgan fingerprint density at radius 3 is 2.82 bits per heavy atom. The standard InChI is InChI=1S/C11H11ClN4O/c12-9-7-8(3-6-14-9)11(4-1-2-5-11)10(17)15-16-13/h3,6-7H,1-2,4-5H2. The molecule has 0 unspecified atom stereocenters. The molecular weight excluding hydrogens is 240 g/mol. The lowest BCUT2D eigenvalue weighted by molar-refractivity contribution is -0.123. The molecular formula is C11H11ClN4O. The topological polar surface area (TPSA) is 78.7 Å². The summed E-state index contributed by atoms with van der Waals surface area (Å²) in [6.45, 7) is 0. The van der Waals surface area contributed by atoms with Gasteiger partial charge in [-0.15, -0.1) is 0 Å². The monoisotopic (exact) mass is 250 g/mol. The van der Waals surface area contributed by atoms with E-state index in [1.54, 1.807) is 18.3 Å². The molecule has 1 aliphatic rings. The van der Waals surface area contributed by atoms with E-state index in [1.807, 2.05) is 0 Å². The summed E-state index contributed by atoms with van der Waals surface area (Å²) in [7, 11) is 0. The lowest BCUT2D eigenvalue weighted by Crippen LogP contribution is -2.31. The molecule has 5 nitrogen and oxygen atoms in total. The van der Waals surface area contributed by atoms with Gasteiger partial charge in [-0.1, -0.05) is 24.4 Å². The minimum Gasteiger partial charge on any atom is -0.292 e. The third kappa shape index (κ3) is 2.12. The van der Waals surface area contributed by atoms with Crippen molar-refractivity contribution in [2.24, 2.45) is 5.11 Å². The highest BCUT2D eigenvalue weighted by Crippen LogP contribution is 2.42. The first-order valence-electron chi connectivity index (χ1n) is 5.40. The Labute approximate surface area is 103 Å². The van der Waals surface area contributed by atoms with Crippen LogP contribution in [-0.2, 0) is 10.2 Å². The van der Waals surface area contributed by atoms with Crippen molar-refractivity contribution >= 4 is 17.5 Å². The van der Waals surface area contributed by atoms with E-state index in [4.69, 9.17) is 17.1 Å². The van der Waals surface area contributed by atoms with Crippen molar-refractivity contribution in [1.82, 2.24) is 4.98 Å². The van der Waals surface area contributed by atoms with Crippen LogP contribution in [0.3, 0.4) is 0 Å². The van der Waals surface area contributed by atoms with Gasteiger partial charge < -0.3 is 0 Å². The molecule has 0 saturated heterocycles. The number of carbonyl (C=O) groups is 1. The zero-order valence-corrected chi connectivity index (χ0v) is 9.89. The number of amides is 1. The van der Waals surface area contributed by atoms with Crippen LogP contribution in [0, 0.1) is 0 Å². The molecule has 1 fully saturated rings. The normalized spacial score (nSPS) is 17.5. The SMILES string of the molecule is [N-]=[N+]=NC(=O)C1(c2ccnc(Cl)c2)CCCC1. The molecule has 17 heavy (non-hydrogen) atoms. The van der Waals surface area contributed by atoms with Crippen molar-refractivity contribution in [1.29, 1.82) is 0 Å². The van der Waals surface area contributed by atoms with Gasteiger partial charge in [-0.2, -0.15) is 0 Å². The summed E-state index contributed by atoms with van der Waals surface area (Å²) >= 11 is 5.84. The van der Waals surface area contributed by atoms with Gasteiger partial charge in [0, 0.05) is 11.1 Å². The van der Waals surface area contributed by atoms with Gasteiger partial charge in [0.05, 0.1) is 5.41 Å². The maximum Gasteiger partial charge on any atom is 0.229 e. The largest absolute Gasteiger partial charge is 0.292 e. The second kappa shape index (κ2) is 4.73. The van der Waals surface area contributed by atoms with E-state index >= 15 is 0 Å². The summed E-state index contributed by atoms with van der Waals surface area (Å²) in [5.74, 6) is -0.417. The van der Waals surface area contributed by atoms with Crippen LogP contribution in [-0.4, -0.2) is 10.9 Å². The maximum absolute atomic E-state index is 12.0. The fourth-order valence-electron chi connectivity index (χ4n) is 2.44. The van der Waals surface area contributed by atoms with E-state index < -0.39 is 11.3 Å². The van der Waals surface area contributed by atoms with Crippen LogP contribution in [0.2, 0.25) is 5.15 Å². The molecule has 2 rings (SSSR count). The minimum absolute atomic E-state index is 0.350. The lowest BCUT2D eigenvalue weighted by atomic mass is 9.78. The van der Waals surface area contributed by atoms with Gasteiger partial charge in [0.15, 0.2) is 0 Å². The van der Waals surface area contributed by atoms with Crippen LogP contribution in [0.15, 0.2) is 23.4 Å². The summed E-state index contributed by atoms with van der Waals surface area (Å²) in [5, 5.41) is 3.61. The Hall–Kier alpha value is -1.58.